The van der Waals surface area contributed by atoms with Gasteiger partial charge in [-0.3, -0.25) is 9.59 Å². The van der Waals surface area contributed by atoms with Gasteiger partial charge in [-0.25, -0.2) is 0 Å². The molecule has 0 amide bonds. The average Bonchev–Trinajstić information content (AvgIpc) is 3.28. The van der Waals surface area contributed by atoms with Crippen molar-refractivity contribution in [3.8, 4) is 0 Å². The molecule has 9 heteroatoms. The SMILES string of the molecule is CC/C=C\C/C=C\C/C=C\C/C=C\C/C=C\C/C=C\CCCCCCC(=O)OC(COC(=O)CCCCCCCCCCCCCCCCCCCC)COC(OCC[N+](C)(C)C)C(=O)[O-]. The van der Waals surface area contributed by atoms with Crippen LogP contribution in [0, 0.1) is 0 Å². The van der Waals surface area contributed by atoms with Crippen molar-refractivity contribution in [1.29, 1.82) is 0 Å². The second-order valence-corrected chi connectivity index (χ2v) is 18.8. The van der Waals surface area contributed by atoms with Crippen molar-refractivity contribution in [3.63, 3.8) is 0 Å². The van der Waals surface area contributed by atoms with Gasteiger partial charge in [-0.15, -0.1) is 0 Å². The topological polar surface area (TPSA) is 111 Å². The van der Waals surface area contributed by atoms with Crippen molar-refractivity contribution in [2.24, 2.45) is 0 Å². The van der Waals surface area contributed by atoms with Crippen LogP contribution in [0.5, 0.6) is 0 Å². The first-order valence-corrected chi connectivity index (χ1v) is 26.6. The summed E-state index contributed by atoms with van der Waals surface area (Å²) in [5.41, 5.74) is 0. The molecule has 9 nitrogen and oxygen atoms in total. The zero-order valence-corrected chi connectivity index (χ0v) is 43.0. The van der Waals surface area contributed by atoms with Gasteiger partial charge < -0.3 is 33.3 Å². The largest absolute Gasteiger partial charge is 0.545 e. The predicted octanol–water partition coefficient (Wildman–Crippen LogP) is 13.7. The summed E-state index contributed by atoms with van der Waals surface area (Å²) in [4.78, 5) is 37.2. The fraction of sp³-hybridized carbons (Fsp3) is 0.737. The molecule has 0 aromatic carbocycles. The minimum Gasteiger partial charge on any atom is -0.545 e. The maximum Gasteiger partial charge on any atom is 0.306 e. The minimum atomic E-state index is -1.63. The summed E-state index contributed by atoms with van der Waals surface area (Å²) < 4.78 is 22.6. The Bertz CT molecular complexity index is 1310. The monoisotopic (exact) mass is 926 g/mol. The zero-order valence-electron chi connectivity index (χ0n) is 43.0. The van der Waals surface area contributed by atoms with E-state index >= 15 is 0 Å². The van der Waals surface area contributed by atoms with Crippen LogP contribution in [0.25, 0.3) is 0 Å². The van der Waals surface area contributed by atoms with Crippen molar-refractivity contribution >= 4 is 17.9 Å². The normalized spacial score (nSPS) is 13.4. The number of hydrogen-bond donors (Lipinski definition) is 0. The van der Waals surface area contributed by atoms with Crippen LogP contribution in [0.2, 0.25) is 0 Å². The number of aliphatic carboxylic acids is 1. The molecule has 0 aromatic rings. The Kier molecular flexibility index (Phi) is 45.8. The summed E-state index contributed by atoms with van der Waals surface area (Å²) in [5.74, 6) is -2.32. The molecule has 0 saturated carbocycles. The summed E-state index contributed by atoms with van der Waals surface area (Å²) in [6.45, 7) is 4.61. The van der Waals surface area contributed by atoms with E-state index in [0.717, 1.165) is 83.5 Å². The van der Waals surface area contributed by atoms with Crippen LogP contribution < -0.4 is 5.11 Å². The van der Waals surface area contributed by atoms with Crippen LogP contribution in [0.4, 0.5) is 0 Å². The number of unbranched alkanes of at least 4 members (excludes halogenated alkanes) is 21. The second kappa shape index (κ2) is 48.2. The molecule has 0 aliphatic heterocycles. The maximum absolute atomic E-state index is 12.8. The highest BCUT2D eigenvalue weighted by molar-refractivity contribution is 5.70. The number of allylic oxidation sites excluding steroid dienone is 12. The number of esters is 2. The predicted molar refractivity (Wildman–Crippen MR) is 274 cm³/mol. The number of likely N-dealkylation sites (N-methyl/N-ethyl adjacent to an activating group) is 1. The zero-order chi connectivity index (χ0) is 48.4. The molecule has 66 heavy (non-hydrogen) atoms. The van der Waals surface area contributed by atoms with Gasteiger partial charge in [-0.1, -0.05) is 209 Å². The van der Waals surface area contributed by atoms with Gasteiger partial charge in [0.1, 0.15) is 13.2 Å². The Morgan fingerprint density at radius 2 is 0.864 bits per heavy atom. The summed E-state index contributed by atoms with van der Waals surface area (Å²) in [6.07, 6.45) is 57.9. The van der Waals surface area contributed by atoms with Crippen molar-refractivity contribution in [2.45, 2.75) is 225 Å². The smallest absolute Gasteiger partial charge is 0.306 e. The van der Waals surface area contributed by atoms with Gasteiger partial charge in [-0.05, 0) is 64.2 Å². The van der Waals surface area contributed by atoms with E-state index in [4.69, 9.17) is 18.9 Å². The van der Waals surface area contributed by atoms with E-state index in [9.17, 15) is 19.5 Å². The van der Waals surface area contributed by atoms with Gasteiger partial charge in [0.05, 0.1) is 40.3 Å². The number of carbonyl (C=O) groups is 3. The number of carbonyl (C=O) groups excluding carboxylic acids is 3. The molecule has 0 bridgehead atoms. The van der Waals surface area contributed by atoms with Crippen molar-refractivity contribution in [1.82, 2.24) is 0 Å². The number of nitrogens with zero attached hydrogens (tertiary/aromatic N) is 1. The lowest BCUT2D eigenvalue weighted by Gasteiger charge is -2.26. The summed E-state index contributed by atoms with van der Waals surface area (Å²) in [5, 5.41) is 11.7. The van der Waals surface area contributed by atoms with E-state index in [0.29, 0.717) is 17.4 Å². The molecular weight excluding hydrogens is 827 g/mol. The highest BCUT2D eigenvalue weighted by Crippen LogP contribution is 2.15. The summed E-state index contributed by atoms with van der Waals surface area (Å²) in [7, 11) is 5.90. The Morgan fingerprint density at radius 3 is 1.29 bits per heavy atom. The lowest BCUT2D eigenvalue weighted by molar-refractivity contribution is -0.870. The molecule has 0 radical (unpaired) electrons. The standard InChI is InChI=1S/C57H99NO8/c1-6-8-10-12-14-16-18-20-22-24-26-27-28-29-30-32-34-36-38-40-42-44-46-48-55(60)66-53(52-65-57(56(61)62)63-50-49-58(3,4)5)51-64-54(59)47-45-43-41-39-37-35-33-31-25-23-21-19-17-15-13-11-9-7-2/h8,10,14,16,20,22,26-27,29-30,34,36,53,57H,6-7,9,11-13,15,17-19,21,23-25,28,31-33,35,37-52H2,1-5H3/b10-8-,16-14-,22-20-,27-26-,30-29-,36-34-. The number of hydrogen-bond acceptors (Lipinski definition) is 8. The van der Waals surface area contributed by atoms with E-state index in [1.54, 1.807) is 0 Å². The molecule has 0 aliphatic carbocycles. The minimum absolute atomic E-state index is 0.140. The summed E-state index contributed by atoms with van der Waals surface area (Å²) >= 11 is 0. The van der Waals surface area contributed by atoms with Crippen molar-refractivity contribution < 1.29 is 42.9 Å². The van der Waals surface area contributed by atoms with E-state index in [1.807, 2.05) is 21.1 Å². The van der Waals surface area contributed by atoms with Crippen molar-refractivity contribution in [2.75, 3.05) is 47.5 Å². The van der Waals surface area contributed by atoms with Crippen LogP contribution in [-0.4, -0.2) is 82.3 Å². The van der Waals surface area contributed by atoms with Gasteiger partial charge >= 0.3 is 11.9 Å². The van der Waals surface area contributed by atoms with Crippen LogP contribution in [0.15, 0.2) is 72.9 Å². The van der Waals surface area contributed by atoms with Gasteiger partial charge in [0.2, 0.25) is 0 Å². The lowest BCUT2D eigenvalue weighted by Crippen LogP contribution is -2.44. The molecule has 0 rings (SSSR count). The van der Waals surface area contributed by atoms with Gasteiger partial charge in [0, 0.05) is 12.8 Å². The van der Waals surface area contributed by atoms with Crippen LogP contribution in [-0.2, 0) is 33.3 Å². The maximum atomic E-state index is 12.8. The highest BCUT2D eigenvalue weighted by Gasteiger charge is 2.22. The summed E-state index contributed by atoms with van der Waals surface area (Å²) in [6, 6.07) is 0. The quantitative estimate of drug-likeness (QED) is 0.0195. The molecule has 2 unspecified atom stereocenters. The third-order valence-electron chi connectivity index (χ3n) is 11.2. The Hall–Kier alpha value is -3.27. The van der Waals surface area contributed by atoms with Crippen molar-refractivity contribution in [3.05, 3.63) is 72.9 Å². The van der Waals surface area contributed by atoms with E-state index in [-0.39, 0.29) is 38.6 Å². The molecule has 0 N–H and O–H groups in total. The lowest BCUT2D eigenvalue weighted by atomic mass is 10.0. The Labute approximate surface area is 405 Å². The van der Waals surface area contributed by atoms with E-state index in [2.05, 4.69) is 86.8 Å². The molecule has 0 fully saturated rings. The number of rotatable bonds is 48. The third kappa shape index (κ3) is 48.7. The van der Waals surface area contributed by atoms with Crippen LogP contribution in [0.3, 0.4) is 0 Å². The van der Waals surface area contributed by atoms with E-state index < -0.39 is 24.3 Å². The molecule has 2 atom stereocenters. The third-order valence-corrected chi connectivity index (χ3v) is 11.2. The van der Waals surface area contributed by atoms with Crippen LogP contribution in [0.1, 0.15) is 213 Å². The molecule has 0 aliphatic rings. The first-order valence-electron chi connectivity index (χ1n) is 26.6. The fourth-order valence-corrected chi connectivity index (χ4v) is 7.13. The van der Waals surface area contributed by atoms with Gasteiger partial charge in [0.15, 0.2) is 12.4 Å². The molecule has 0 spiro atoms. The van der Waals surface area contributed by atoms with Gasteiger partial charge in [0.25, 0.3) is 0 Å². The number of carboxylic acid groups (broad SMARTS) is 1. The first kappa shape index (κ1) is 62.7. The molecular formula is C57H99NO8. The Morgan fingerprint density at radius 1 is 0.470 bits per heavy atom. The first-order chi connectivity index (χ1) is 32.1. The molecule has 0 heterocycles. The Balaban J connectivity index is 4.39. The number of carboxylic acids is 1. The van der Waals surface area contributed by atoms with Gasteiger partial charge in [-0.2, -0.15) is 0 Å². The molecule has 380 valence electrons. The second-order valence-electron chi connectivity index (χ2n) is 18.8. The fourth-order valence-electron chi connectivity index (χ4n) is 7.13. The number of ether oxygens (including phenoxy) is 4. The molecule has 0 saturated heterocycles. The number of quaternary nitrogens is 1. The molecule has 0 aromatic heterocycles. The van der Waals surface area contributed by atoms with E-state index in [1.165, 1.54) is 96.3 Å². The average molecular weight is 926 g/mol. The highest BCUT2D eigenvalue weighted by atomic mass is 16.7. The van der Waals surface area contributed by atoms with Crippen LogP contribution >= 0.6 is 0 Å².